The maximum absolute atomic E-state index is 13.2. The number of carbonyl (C=O) groups excluding carboxylic acids is 1. The molecular formula is C21H24N4O2. The van der Waals surface area contributed by atoms with Crippen molar-refractivity contribution in [3.05, 3.63) is 59.2 Å². The highest BCUT2D eigenvalue weighted by atomic mass is 16.5. The molecule has 0 saturated carbocycles. The van der Waals surface area contributed by atoms with Gasteiger partial charge in [0.05, 0.1) is 12.2 Å². The van der Waals surface area contributed by atoms with Crippen molar-refractivity contribution in [2.24, 2.45) is 0 Å². The number of aromatic nitrogens is 3. The van der Waals surface area contributed by atoms with E-state index in [1.165, 1.54) is 6.42 Å². The minimum atomic E-state index is -0.0662. The topological polar surface area (TPSA) is 64.2 Å². The molecule has 0 bridgehead atoms. The van der Waals surface area contributed by atoms with Crippen molar-refractivity contribution in [3.63, 3.8) is 0 Å². The summed E-state index contributed by atoms with van der Waals surface area (Å²) in [5.74, 6) is 1.57. The van der Waals surface area contributed by atoms with E-state index in [0.717, 1.165) is 54.3 Å². The fourth-order valence-corrected chi connectivity index (χ4v) is 3.69. The second kappa shape index (κ2) is 7.39. The number of imidazole rings is 1. The highest BCUT2D eigenvalue weighted by Crippen LogP contribution is 2.28. The summed E-state index contributed by atoms with van der Waals surface area (Å²) in [4.78, 5) is 19.6. The van der Waals surface area contributed by atoms with Gasteiger partial charge in [-0.2, -0.15) is 0 Å². The third kappa shape index (κ3) is 3.52. The summed E-state index contributed by atoms with van der Waals surface area (Å²) < 4.78 is 7.35. The first kappa shape index (κ1) is 17.5. The molecule has 0 fully saturated rings. The van der Waals surface area contributed by atoms with Crippen LogP contribution in [0, 0.1) is 6.92 Å². The van der Waals surface area contributed by atoms with Crippen molar-refractivity contribution in [1.29, 1.82) is 0 Å². The van der Waals surface area contributed by atoms with Gasteiger partial charge in [-0.15, -0.1) is 0 Å². The van der Waals surface area contributed by atoms with Crippen molar-refractivity contribution in [2.45, 2.75) is 45.7 Å². The lowest BCUT2D eigenvalue weighted by Gasteiger charge is -2.15. The Balaban J connectivity index is 1.69. The van der Waals surface area contributed by atoms with Gasteiger partial charge >= 0.3 is 0 Å². The molecule has 0 radical (unpaired) electrons. The van der Waals surface area contributed by atoms with Crippen molar-refractivity contribution in [1.82, 2.24) is 19.6 Å². The van der Waals surface area contributed by atoms with Crippen LogP contribution in [0.15, 0.2) is 40.9 Å². The summed E-state index contributed by atoms with van der Waals surface area (Å²) >= 11 is 0. The van der Waals surface area contributed by atoms with E-state index in [9.17, 15) is 4.79 Å². The molecule has 0 atom stereocenters. The molecule has 1 aliphatic rings. The first-order valence-electron chi connectivity index (χ1n) is 9.46. The van der Waals surface area contributed by atoms with Gasteiger partial charge in [0, 0.05) is 25.2 Å². The summed E-state index contributed by atoms with van der Waals surface area (Å²) in [5, 5.41) is 3.99. The monoisotopic (exact) mass is 364 g/mol. The van der Waals surface area contributed by atoms with Gasteiger partial charge in [0.15, 0.2) is 0 Å². The van der Waals surface area contributed by atoms with Crippen LogP contribution in [0.2, 0.25) is 0 Å². The molecule has 0 spiro atoms. The second-order valence-electron chi connectivity index (χ2n) is 7.15. The minimum Gasteiger partial charge on any atom is -0.361 e. The largest absolute Gasteiger partial charge is 0.361 e. The highest BCUT2D eigenvalue weighted by molar-refractivity contribution is 5.94. The molecule has 0 unspecified atom stereocenters. The molecule has 1 aliphatic heterocycles. The number of carbonyl (C=O) groups is 1. The van der Waals surface area contributed by atoms with Crippen LogP contribution in [0.5, 0.6) is 0 Å². The van der Waals surface area contributed by atoms with Gasteiger partial charge in [0.2, 0.25) is 0 Å². The zero-order chi connectivity index (χ0) is 18.8. The summed E-state index contributed by atoms with van der Waals surface area (Å²) in [6, 6.07) is 12.0. The normalized spacial score (nSPS) is 13.9. The first-order chi connectivity index (χ1) is 13.1. The van der Waals surface area contributed by atoms with Gasteiger partial charge in [-0.3, -0.25) is 4.79 Å². The molecule has 0 aliphatic carbocycles. The number of fused-ring (bicyclic) bond motifs is 1. The average molecular weight is 364 g/mol. The molecule has 0 saturated heterocycles. The third-order valence-electron chi connectivity index (χ3n) is 5.03. The number of nitrogens with zero attached hydrogens (tertiary/aromatic N) is 4. The number of aryl methyl sites for hydroxylation is 1. The summed E-state index contributed by atoms with van der Waals surface area (Å²) in [5.41, 5.74) is 3.42. The molecule has 1 amide bonds. The predicted molar refractivity (Wildman–Crippen MR) is 102 cm³/mol. The fourth-order valence-electron chi connectivity index (χ4n) is 3.69. The molecule has 1 aromatic carbocycles. The van der Waals surface area contributed by atoms with Crippen LogP contribution in [0.1, 0.15) is 46.9 Å². The Kier molecular flexibility index (Phi) is 4.79. The van der Waals surface area contributed by atoms with E-state index in [4.69, 9.17) is 9.51 Å². The van der Waals surface area contributed by atoms with Crippen LogP contribution in [0.3, 0.4) is 0 Å². The summed E-state index contributed by atoms with van der Waals surface area (Å²) in [6.45, 7) is 3.16. The van der Waals surface area contributed by atoms with E-state index in [1.54, 1.807) is 11.9 Å². The predicted octanol–water partition coefficient (Wildman–Crippen LogP) is 3.85. The number of benzene rings is 1. The van der Waals surface area contributed by atoms with Crippen LogP contribution >= 0.6 is 0 Å². The molecule has 140 valence electrons. The van der Waals surface area contributed by atoms with Crippen molar-refractivity contribution in [3.8, 4) is 11.4 Å². The van der Waals surface area contributed by atoms with E-state index < -0.39 is 0 Å². The Labute approximate surface area is 158 Å². The van der Waals surface area contributed by atoms with E-state index in [1.807, 2.05) is 31.2 Å². The maximum atomic E-state index is 13.2. The van der Waals surface area contributed by atoms with Crippen molar-refractivity contribution in [2.75, 3.05) is 7.05 Å². The van der Waals surface area contributed by atoms with E-state index >= 15 is 0 Å². The number of amides is 1. The Morgan fingerprint density at radius 1 is 1.22 bits per heavy atom. The molecule has 4 rings (SSSR count). The van der Waals surface area contributed by atoms with E-state index in [2.05, 4.69) is 21.9 Å². The Morgan fingerprint density at radius 2 is 2.04 bits per heavy atom. The van der Waals surface area contributed by atoms with Gasteiger partial charge in [0.1, 0.15) is 23.0 Å². The maximum Gasteiger partial charge on any atom is 0.274 e. The lowest BCUT2D eigenvalue weighted by atomic mass is 10.1. The van der Waals surface area contributed by atoms with Gasteiger partial charge in [0.25, 0.3) is 5.91 Å². The highest BCUT2D eigenvalue weighted by Gasteiger charge is 2.26. The average Bonchev–Trinajstić information content (AvgIpc) is 3.16. The lowest BCUT2D eigenvalue weighted by Crippen LogP contribution is -2.27. The first-order valence-corrected chi connectivity index (χ1v) is 9.46. The Bertz CT molecular complexity index is 943. The van der Waals surface area contributed by atoms with E-state index in [0.29, 0.717) is 12.2 Å². The standard InChI is InChI=1S/C21H24N4O2/c1-15-13-17(23-27-15)14-24(2)21(26)19-18-11-7-4-8-12-25(18)20(22-19)16-9-5-3-6-10-16/h3,5-6,9-10,13H,4,7-8,11-12,14H2,1-2H3. The smallest absolute Gasteiger partial charge is 0.274 e. The SMILES string of the molecule is Cc1cc(CN(C)C(=O)c2nc(-c3ccccc3)n3c2CCCCC3)no1. The molecule has 3 heterocycles. The van der Waals surface area contributed by atoms with Gasteiger partial charge in [-0.05, 0) is 26.2 Å². The van der Waals surface area contributed by atoms with Crippen LogP contribution in [-0.2, 0) is 19.5 Å². The molecule has 6 heteroatoms. The Hall–Kier alpha value is -2.89. The zero-order valence-corrected chi connectivity index (χ0v) is 15.8. The van der Waals surface area contributed by atoms with Gasteiger partial charge < -0.3 is 14.0 Å². The molecular weight excluding hydrogens is 340 g/mol. The molecule has 6 nitrogen and oxygen atoms in total. The molecule has 2 aromatic heterocycles. The molecule has 27 heavy (non-hydrogen) atoms. The van der Waals surface area contributed by atoms with Crippen LogP contribution in [-0.4, -0.2) is 32.6 Å². The van der Waals surface area contributed by atoms with E-state index in [-0.39, 0.29) is 5.91 Å². The number of hydrogen-bond acceptors (Lipinski definition) is 4. The molecule has 3 aromatic rings. The lowest BCUT2D eigenvalue weighted by molar-refractivity contribution is 0.0775. The van der Waals surface area contributed by atoms with Crippen LogP contribution in [0.4, 0.5) is 0 Å². The Morgan fingerprint density at radius 3 is 2.78 bits per heavy atom. The zero-order valence-electron chi connectivity index (χ0n) is 15.8. The number of hydrogen-bond donors (Lipinski definition) is 0. The number of rotatable bonds is 4. The van der Waals surface area contributed by atoms with Crippen molar-refractivity contribution >= 4 is 5.91 Å². The second-order valence-corrected chi connectivity index (χ2v) is 7.15. The molecule has 0 N–H and O–H groups in total. The third-order valence-corrected chi connectivity index (χ3v) is 5.03. The quantitative estimate of drug-likeness (QED) is 0.705. The summed E-state index contributed by atoms with van der Waals surface area (Å²) in [6.07, 6.45) is 4.27. The van der Waals surface area contributed by atoms with Gasteiger partial charge in [-0.25, -0.2) is 4.98 Å². The van der Waals surface area contributed by atoms with Crippen molar-refractivity contribution < 1.29 is 9.32 Å². The van der Waals surface area contributed by atoms with Crippen LogP contribution < -0.4 is 0 Å². The fraction of sp³-hybridized carbons (Fsp3) is 0.381. The van der Waals surface area contributed by atoms with Crippen LogP contribution in [0.25, 0.3) is 11.4 Å². The summed E-state index contributed by atoms with van der Waals surface area (Å²) in [7, 11) is 1.79. The van der Waals surface area contributed by atoms with Gasteiger partial charge in [-0.1, -0.05) is 41.9 Å². The minimum absolute atomic E-state index is 0.0662.